The maximum Gasteiger partial charge on any atom is 0.278 e. The van der Waals surface area contributed by atoms with E-state index in [1.54, 1.807) is 6.07 Å². The van der Waals surface area contributed by atoms with E-state index >= 15 is 0 Å². The van der Waals surface area contributed by atoms with Gasteiger partial charge in [0.2, 0.25) is 0 Å². The summed E-state index contributed by atoms with van der Waals surface area (Å²) >= 11 is 7.48. The fraction of sp³-hybridized carbons (Fsp3) is 0.0909. The van der Waals surface area contributed by atoms with Crippen LogP contribution in [-0.2, 0) is 16.1 Å². The number of carbonyl (C=O) groups excluding carboxylic acids is 2. The van der Waals surface area contributed by atoms with Gasteiger partial charge in [0, 0.05) is 15.6 Å². The number of hydrogen-bond acceptors (Lipinski definition) is 4. The van der Waals surface area contributed by atoms with Gasteiger partial charge in [-0.2, -0.15) is 0 Å². The summed E-state index contributed by atoms with van der Waals surface area (Å²) in [5, 5.41) is 5.70. The Labute approximate surface area is 172 Å². The van der Waals surface area contributed by atoms with Crippen molar-refractivity contribution in [1.29, 1.82) is 0 Å². The lowest BCUT2D eigenvalue weighted by atomic mass is 10.1. The average Bonchev–Trinajstić information content (AvgIpc) is 3.28. The number of carbonyl (C=O) groups is 2. The molecule has 0 aliphatic carbocycles. The first kappa shape index (κ1) is 18.5. The second kappa shape index (κ2) is 7.62. The SMILES string of the molecule is Cc1cc(Cl)ccc1NC1=C(c2cccs2)C(=O)N(Cc2ccccc2)C1=O. The summed E-state index contributed by atoms with van der Waals surface area (Å²) in [6.45, 7) is 2.14. The van der Waals surface area contributed by atoms with E-state index in [9.17, 15) is 9.59 Å². The Kier molecular flexibility index (Phi) is 5.03. The summed E-state index contributed by atoms with van der Waals surface area (Å²) in [6.07, 6.45) is 0. The largest absolute Gasteiger partial charge is 0.350 e. The molecule has 1 N–H and O–H groups in total. The number of nitrogens with one attached hydrogen (secondary N) is 1. The molecule has 4 rings (SSSR count). The molecule has 2 heterocycles. The number of thiophene rings is 1. The lowest BCUT2D eigenvalue weighted by molar-refractivity contribution is -0.137. The van der Waals surface area contributed by atoms with Crippen LogP contribution in [0.15, 0.2) is 71.7 Å². The zero-order valence-corrected chi connectivity index (χ0v) is 16.7. The van der Waals surface area contributed by atoms with Gasteiger partial charge in [-0.3, -0.25) is 14.5 Å². The van der Waals surface area contributed by atoms with Crippen molar-refractivity contribution in [1.82, 2.24) is 4.90 Å². The third-order valence-electron chi connectivity index (χ3n) is 4.57. The Bertz CT molecular complexity index is 1080. The van der Waals surface area contributed by atoms with Gasteiger partial charge in [-0.25, -0.2) is 0 Å². The van der Waals surface area contributed by atoms with Gasteiger partial charge in [-0.1, -0.05) is 48.0 Å². The molecule has 0 unspecified atom stereocenters. The number of anilines is 1. The first-order chi connectivity index (χ1) is 13.5. The van der Waals surface area contributed by atoms with Crippen molar-refractivity contribution in [2.45, 2.75) is 13.5 Å². The second-order valence-electron chi connectivity index (χ2n) is 6.49. The summed E-state index contributed by atoms with van der Waals surface area (Å²) in [5.41, 5.74) is 3.25. The molecule has 0 radical (unpaired) electrons. The molecule has 6 heteroatoms. The van der Waals surface area contributed by atoms with Gasteiger partial charge in [0.1, 0.15) is 5.70 Å². The standard InChI is InChI=1S/C22H17ClN2O2S/c1-14-12-16(23)9-10-17(14)24-20-19(18-8-5-11-28-18)21(26)25(22(20)27)13-15-6-3-2-4-7-15/h2-12,24H,13H2,1H3. The van der Waals surface area contributed by atoms with Crippen molar-refractivity contribution < 1.29 is 9.59 Å². The quantitative estimate of drug-likeness (QED) is 0.597. The third kappa shape index (κ3) is 3.46. The van der Waals surface area contributed by atoms with Crippen LogP contribution in [0.2, 0.25) is 5.02 Å². The second-order valence-corrected chi connectivity index (χ2v) is 7.88. The Morgan fingerprint density at radius 3 is 2.46 bits per heavy atom. The van der Waals surface area contributed by atoms with Gasteiger partial charge in [0.25, 0.3) is 11.8 Å². The Hall–Kier alpha value is -2.89. The summed E-state index contributed by atoms with van der Waals surface area (Å²) in [6, 6.07) is 18.6. The Morgan fingerprint density at radius 1 is 1.00 bits per heavy atom. The van der Waals surface area contributed by atoms with Crippen molar-refractivity contribution >= 4 is 46.0 Å². The van der Waals surface area contributed by atoms with Gasteiger partial charge >= 0.3 is 0 Å². The maximum absolute atomic E-state index is 13.2. The number of rotatable bonds is 5. The van der Waals surface area contributed by atoms with Crippen LogP contribution in [0.5, 0.6) is 0 Å². The molecule has 0 bridgehead atoms. The van der Waals surface area contributed by atoms with Crippen LogP contribution in [-0.4, -0.2) is 16.7 Å². The van der Waals surface area contributed by atoms with E-state index in [0.717, 1.165) is 21.7 Å². The molecule has 1 aliphatic rings. The molecule has 2 aromatic carbocycles. The minimum absolute atomic E-state index is 0.234. The Morgan fingerprint density at radius 2 is 1.79 bits per heavy atom. The fourth-order valence-corrected chi connectivity index (χ4v) is 4.15. The van der Waals surface area contributed by atoms with E-state index in [0.29, 0.717) is 16.3 Å². The minimum atomic E-state index is -0.327. The maximum atomic E-state index is 13.2. The molecule has 3 aromatic rings. The third-order valence-corrected chi connectivity index (χ3v) is 5.69. The van der Waals surface area contributed by atoms with Gasteiger partial charge in [0.15, 0.2) is 0 Å². The topological polar surface area (TPSA) is 49.4 Å². The van der Waals surface area contributed by atoms with Gasteiger partial charge in [-0.05, 0) is 47.7 Å². The number of amides is 2. The van der Waals surface area contributed by atoms with Crippen LogP contribution in [0.1, 0.15) is 16.0 Å². The molecule has 0 atom stereocenters. The molecule has 0 spiro atoms. The van der Waals surface area contributed by atoms with Crippen molar-refractivity contribution in [3.8, 4) is 0 Å². The van der Waals surface area contributed by atoms with E-state index in [1.807, 2.05) is 66.9 Å². The summed E-state index contributed by atoms with van der Waals surface area (Å²) < 4.78 is 0. The summed E-state index contributed by atoms with van der Waals surface area (Å²) in [5.74, 6) is -0.614. The smallest absolute Gasteiger partial charge is 0.278 e. The summed E-state index contributed by atoms with van der Waals surface area (Å²) in [4.78, 5) is 28.4. The molecule has 0 saturated heterocycles. The van der Waals surface area contributed by atoms with Gasteiger partial charge in [-0.15, -0.1) is 11.3 Å². The molecule has 1 aliphatic heterocycles. The molecule has 1 aromatic heterocycles. The first-order valence-corrected chi connectivity index (χ1v) is 10.0. The Balaban J connectivity index is 1.73. The van der Waals surface area contributed by atoms with Crippen LogP contribution >= 0.6 is 22.9 Å². The van der Waals surface area contributed by atoms with Gasteiger partial charge in [0.05, 0.1) is 12.1 Å². The lowest BCUT2D eigenvalue weighted by Crippen LogP contribution is -2.31. The van der Waals surface area contributed by atoms with Crippen molar-refractivity contribution in [3.05, 3.63) is 92.8 Å². The zero-order chi connectivity index (χ0) is 19.7. The number of aryl methyl sites for hydroxylation is 1. The van der Waals surface area contributed by atoms with Crippen molar-refractivity contribution in [3.63, 3.8) is 0 Å². The van der Waals surface area contributed by atoms with Crippen LogP contribution in [0.4, 0.5) is 5.69 Å². The molecule has 0 saturated carbocycles. The first-order valence-electron chi connectivity index (χ1n) is 8.76. The molecule has 4 nitrogen and oxygen atoms in total. The highest BCUT2D eigenvalue weighted by molar-refractivity contribution is 7.11. The molecule has 140 valence electrons. The molecule has 0 fully saturated rings. The van der Waals surface area contributed by atoms with Crippen LogP contribution in [0.25, 0.3) is 5.57 Å². The van der Waals surface area contributed by atoms with E-state index in [-0.39, 0.29) is 18.4 Å². The lowest BCUT2D eigenvalue weighted by Gasteiger charge is -2.15. The van der Waals surface area contributed by atoms with E-state index in [4.69, 9.17) is 11.6 Å². The van der Waals surface area contributed by atoms with E-state index in [1.165, 1.54) is 16.2 Å². The highest BCUT2D eigenvalue weighted by Gasteiger charge is 2.39. The number of halogens is 1. The number of hydrogen-bond donors (Lipinski definition) is 1. The van der Waals surface area contributed by atoms with Crippen LogP contribution in [0.3, 0.4) is 0 Å². The average molecular weight is 409 g/mol. The molecular weight excluding hydrogens is 392 g/mol. The summed E-state index contributed by atoms with van der Waals surface area (Å²) in [7, 11) is 0. The van der Waals surface area contributed by atoms with Gasteiger partial charge < -0.3 is 5.32 Å². The normalized spacial score (nSPS) is 14.1. The van der Waals surface area contributed by atoms with E-state index in [2.05, 4.69) is 5.32 Å². The van der Waals surface area contributed by atoms with Crippen LogP contribution < -0.4 is 5.32 Å². The highest BCUT2D eigenvalue weighted by Crippen LogP contribution is 2.34. The van der Waals surface area contributed by atoms with Crippen LogP contribution in [0, 0.1) is 6.92 Å². The minimum Gasteiger partial charge on any atom is -0.350 e. The highest BCUT2D eigenvalue weighted by atomic mass is 35.5. The van der Waals surface area contributed by atoms with E-state index < -0.39 is 0 Å². The van der Waals surface area contributed by atoms with Crippen molar-refractivity contribution in [2.75, 3.05) is 5.32 Å². The molecule has 2 amide bonds. The number of nitrogens with zero attached hydrogens (tertiary/aromatic N) is 1. The van der Waals surface area contributed by atoms with Crippen molar-refractivity contribution in [2.24, 2.45) is 0 Å². The molecule has 28 heavy (non-hydrogen) atoms. The zero-order valence-electron chi connectivity index (χ0n) is 15.1. The fourth-order valence-electron chi connectivity index (χ4n) is 3.15. The molecular formula is C22H17ClN2O2S. The monoisotopic (exact) mass is 408 g/mol. The predicted molar refractivity (Wildman–Crippen MR) is 113 cm³/mol. The number of imide groups is 1. The predicted octanol–water partition coefficient (Wildman–Crippen LogP) is 5.10. The number of benzene rings is 2.